The monoisotopic (exact) mass is 396 g/mol. The number of esters is 1. The molecule has 8 heteroatoms. The summed E-state index contributed by atoms with van der Waals surface area (Å²) < 4.78 is 6.97. The number of hydrogen-bond donors (Lipinski definition) is 1. The quantitative estimate of drug-likeness (QED) is 0.758. The average Bonchev–Trinajstić information content (AvgIpc) is 3.48. The van der Waals surface area contributed by atoms with Gasteiger partial charge in [-0.25, -0.2) is 9.48 Å². The van der Waals surface area contributed by atoms with Crippen LogP contribution in [-0.4, -0.2) is 40.7 Å². The summed E-state index contributed by atoms with van der Waals surface area (Å²) in [5, 5.41) is 7.07. The molecule has 0 bridgehead atoms. The molecule has 1 saturated carbocycles. The van der Waals surface area contributed by atoms with E-state index < -0.39 is 11.9 Å². The van der Waals surface area contributed by atoms with Crippen LogP contribution in [0.2, 0.25) is 0 Å². The third-order valence-electron chi connectivity index (χ3n) is 5.43. The third kappa shape index (κ3) is 4.31. The van der Waals surface area contributed by atoms with E-state index in [1.54, 1.807) is 41.4 Å². The van der Waals surface area contributed by atoms with Gasteiger partial charge in [0.05, 0.1) is 17.8 Å². The highest BCUT2D eigenvalue weighted by Gasteiger charge is 2.22. The van der Waals surface area contributed by atoms with Crippen LogP contribution in [0.25, 0.3) is 0 Å². The lowest BCUT2D eigenvalue weighted by Crippen LogP contribution is -2.24. The van der Waals surface area contributed by atoms with Gasteiger partial charge in [-0.15, -0.1) is 0 Å². The minimum atomic E-state index is -0.580. The summed E-state index contributed by atoms with van der Waals surface area (Å²) in [5.74, 6) is -0.271. The maximum absolute atomic E-state index is 12.2. The molecule has 4 rings (SSSR count). The lowest BCUT2D eigenvalue weighted by atomic mass is 10.2. The second kappa shape index (κ2) is 8.46. The fourth-order valence-electron chi connectivity index (χ4n) is 3.95. The Bertz CT molecular complexity index is 900. The molecule has 2 fully saturated rings. The van der Waals surface area contributed by atoms with E-state index in [-0.39, 0.29) is 12.5 Å². The minimum absolute atomic E-state index is 0.0915. The Morgan fingerprint density at radius 2 is 1.86 bits per heavy atom. The molecule has 8 nitrogen and oxygen atoms in total. The number of amides is 2. The van der Waals surface area contributed by atoms with Crippen LogP contribution in [0.5, 0.6) is 0 Å². The number of anilines is 2. The van der Waals surface area contributed by atoms with Crippen LogP contribution >= 0.6 is 0 Å². The van der Waals surface area contributed by atoms with Crippen LogP contribution in [0.15, 0.2) is 36.5 Å². The number of nitrogens with zero attached hydrogens (tertiary/aromatic N) is 3. The second-order valence-corrected chi connectivity index (χ2v) is 7.42. The summed E-state index contributed by atoms with van der Waals surface area (Å²) in [5.41, 5.74) is 1.10. The first kappa shape index (κ1) is 19.2. The van der Waals surface area contributed by atoms with Crippen molar-refractivity contribution < 1.29 is 19.1 Å². The van der Waals surface area contributed by atoms with Gasteiger partial charge in [-0.05, 0) is 43.5 Å². The third-order valence-corrected chi connectivity index (χ3v) is 5.43. The highest BCUT2D eigenvalue weighted by Crippen LogP contribution is 2.31. The maximum atomic E-state index is 12.2. The summed E-state index contributed by atoms with van der Waals surface area (Å²) in [6.07, 6.45) is 7.50. The molecule has 1 aromatic carbocycles. The van der Waals surface area contributed by atoms with Crippen LogP contribution in [0.3, 0.4) is 0 Å². The zero-order valence-corrected chi connectivity index (χ0v) is 16.2. The van der Waals surface area contributed by atoms with Crippen molar-refractivity contribution in [3.63, 3.8) is 0 Å². The Hall–Kier alpha value is -3.16. The van der Waals surface area contributed by atoms with Gasteiger partial charge in [0.2, 0.25) is 5.91 Å². The molecule has 152 valence electrons. The van der Waals surface area contributed by atoms with Gasteiger partial charge >= 0.3 is 5.97 Å². The fourth-order valence-corrected chi connectivity index (χ4v) is 3.95. The molecule has 0 radical (unpaired) electrons. The normalized spacial score (nSPS) is 17.0. The van der Waals surface area contributed by atoms with E-state index in [0.717, 1.165) is 24.9 Å². The number of nitrogens with one attached hydrogen (secondary N) is 1. The molecule has 2 amide bonds. The van der Waals surface area contributed by atoms with E-state index >= 15 is 0 Å². The van der Waals surface area contributed by atoms with Crippen LogP contribution in [0, 0.1) is 0 Å². The van der Waals surface area contributed by atoms with Crippen molar-refractivity contribution in [2.24, 2.45) is 0 Å². The van der Waals surface area contributed by atoms with Crippen molar-refractivity contribution in [3.05, 3.63) is 42.1 Å². The Morgan fingerprint density at radius 3 is 2.55 bits per heavy atom. The predicted octanol–water partition coefficient (Wildman–Crippen LogP) is 2.92. The second-order valence-electron chi connectivity index (χ2n) is 7.42. The van der Waals surface area contributed by atoms with E-state index in [9.17, 15) is 14.4 Å². The SMILES string of the molecule is O=C(COC(=O)c1ccc(N2CCCC2=O)cc1)Nc1ccnn1C1CCCC1. The number of benzene rings is 1. The number of carbonyl (C=O) groups is 3. The van der Waals surface area contributed by atoms with Gasteiger partial charge in [-0.3, -0.25) is 9.59 Å². The summed E-state index contributed by atoms with van der Waals surface area (Å²) in [6.45, 7) is 0.321. The molecule has 1 N–H and O–H groups in total. The summed E-state index contributed by atoms with van der Waals surface area (Å²) in [7, 11) is 0. The van der Waals surface area contributed by atoms with Gasteiger partial charge in [0.25, 0.3) is 5.91 Å². The molecule has 1 aromatic heterocycles. The first-order valence-corrected chi connectivity index (χ1v) is 10.0. The molecular weight excluding hydrogens is 372 g/mol. The van der Waals surface area contributed by atoms with Crippen LogP contribution in [-0.2, 0) is 14.3 Å². The van der Waals surface area contributed by atoms with E-state index in [2.05, 4.69) is 10.4 Å². The molecule has 1 aliphatic heterocycles. The Balaban J connectivity index is 1.30. The van der Waals surface area contributed by atoms with E-state index in [1.807, 2.05) is 4.68 Å². The molecule has 29 heavy (non-hydrogen) atoms. The van der Waals surface area contributed by atoms with E-state index in [1.165, 1.54) is 12.8 Å². The molecule has 2 aromatic rings. The van der Waals surface area contributed by atoms with Gasteiger partial charge in [-0.1, -0.05) is 12.8 Å². The molecule has 0 unspecified atom stereocenters. The largest absolute Gasteiger partial charge is 0.452 e. The molecule has 0 spiro atoms. The highest BCUT2D eigenvalue weighted by atomic mass is 16.5. The number of carbonyl (C=O) groups excluding carboxylic acids is 3. The van der Waals surface area contributed by atoms with Crippen LogP contribution < -0.4 is 10.2 Å². The first-order chi connectivity index (χ1) is 14.1. The first-order valence-electron chi connectivity index (χ1n) is 10.0. The maximum Gasteiger partial charge on any atom is 0.338 e. The Labute approximate surface area is 168 Å². The van der Waals surface area contributed by atoms with Crippen molar-refractivity contribution in [1.82, 2.24) is 9.78 Å². The van der Waals surface area contributed by atoms with Crippen molar-refractivity contribution in [2.75, 3.05) is 23.4 Å². The molecular formula is C21H24N4O4. The highest BCUT2D eigenvalue weighted by molar-refractivity contribution is 5.97. The Kier molecular flexibility index (Phi) is 5.59. The minimum Gasteiger partial charge on any atom is -0.452 e. The summed E-state index contributed by atoms with van der Waals surface area (Å²) >= 11 is 0. The molecule has 1 saturated heterocycles. The summed E-state index contributed by atoms with van der Waals surface area (Å²) in [4.78, 5) is 37.9. The lowest BCUT2D eigenvalue weighted by molar-refractivity contribution is -0.119. The molecule has 2 heterocycles. The van der Waals surface area contributed by atoms with Gasteiger partial charge in [-0.2, -0.15) is 5.10 Å². The number of aromatic nitrogens is 2. The average molecular weight is 396 g/mol. The smallest absolute Gasteiger partial charge is 0.338 e. The molecule has 2 aliphatic rings. The van der Waals surface area contributed by atoms with Crippen LogP contribution in [0.4, 0.5) is 11.5 Å². The zero-order chi connectivity index (χ0) is 20.2. The topological polar surface area (TPSA) is 93.5 Å². The number of hydrogen-bond acceptors (Lipinski definition) is 5. The van der Waals surface area contributed by atoms with E-state index in [0.29, 0.717) is 30.4 Å². The standard InChI is InChI=1S/C21H24N4O4/c26-19(23-18-11-12-22-25(18)17-4-1-2-5-17)14-29-21(28)15-7-9-16(10-8-15)24-13-3-6-20(24)27/h7-12,17H,1-6,13-14H2,(H,23,26). The Morgan fingerprint density at radius 1 is 1.10 bits per heavy atom. The van der Waals surface area contributed by atoms with Gasteiger partial charge in [0, 0.05) is 24.7 Å². The summed E-state index contributed by atoms with van der Waals surface area (Å²) in [6, 6.07) is 8.72. The van der Waals surface area contributed by atoms with Gasteiger partial charge in [0.15, 0.2) is 6.61 Å². The zero-order valence-electron chi connectivity index (χ0n) is 16.2. The van der Waals surface area contributed by atoms with Crippen molar-refractivity contribution in [3.8, 4) is 0 Å². The number of ether oxygens (including phenoxy) is 1. The molecule has 1 aliphatic carbocycles. The van der Waals surface area contributed by atoms with Crippen LogP contribution in [0.1, 0.15) is 54.9 Å². The van der Waals surface area contributed by atoms with Crippen molar-refractivity contribution >= 4 is 29.3 Å². The fraction of sp³-hybridized carbons (Fsp3) is 0.429. The molecule has 0 atom stereocenters. The lowest BCUT2D eigenvalue weighted by Gasteiger charge is -2.16. The van der Waals surface area contributed by atoms with Crippen molar-refractivity contribution in [2.45, 2.75) is 44.6 Å². The predicted molar refractivity (Wildman–Crippen MR) is 107 cm³/mol. The van der Waals surface area contributed by atoms with Gasteiger partial charge < -0.3 is 15.0 Å². The van der Waals surface area contributed by atoms with Crippen molar-refractivity contribution in [1.29, 1.82) is 0 Å². The van der Waals surface area contributed by atoms with Gasteiger partial charge in [0.1, 0.15) is 5.82 Å². The number of rotatable bonds is 6. The van der Waals surface area contributed by atoms with E-state index in [4.69, 9.17) is 4.74 Å².